The molecule has 2 unspecified atom stereocenters. The van der Waals surface area contributed by atoms with Crippen molar-refractivity contribution in [2.75, 3.05) is 6.54 Å². The molecule has 4 rings (SSSR count). The van der Waals surface area contributed by atoms with Crippen molar-refractivity contribution in [3.63, 3.8) is 0 Å². The average Bonchev–Trinajstić information content (AvgIpc) is 2.82. The standard InChI is InChI=1S/C27H23F4NO3/c28-22-10-9-19-13-14-32(24(33)11-12-25(34)35,17-18-5-4-8-21(15-18)27(29,30)31)26(23(19)16-22)20-6-2-1-3-7-20/h1-10,15-16,26H,11-14,17H2/p+1. The number of benzene rings is 3. The van der Waals surface area contributed by atoms with Crippen molar-refractivity contribution in [1.82, 2.24) is 0 Å². The number of rotatable bonds is 6. The van der Waals surface area contributed by atoms with Crippen LogP contribution in [-0.4, -0.2) is 28.0 Å². The highest BCUT2D eigenvalue weighted by Crippen LogP contribution is 2.44. The Balaban J connectivity index is 1.90. The van der Waals surface area contributed by atoms with Crippen LogP contribution in [-0.2, 0) is 28.7 Å². The quantitative estimate of drug-likeness (QED) is 0.349. The van der Waals surface area contributed by atoms with Gasteiger partial charge in [-0.05, 0) is 29.8 Å². The second-order valence-corrected chi connectivity index (χ2v) is 8.81. The number of carbonyl (C=O) groups is 2. The van der Waals surface area contributed by atoms with E-state index in [4.69, 9.17) is 0 Å². The zero-order chi connectivity index (χ0) is 25.2. The van der Waals surface area contributed by atoms with Gasteiger partial charge in [-0.3, -0.25) is 4.79 Å². The molecule has 1 heterocycles. The van der Waals surface area contributed by atoms with Crippen molar-refractivity contribution in [1.29, 1.82) is 0 Å². The number of carboxylic acid groups (broad SMARTS) is 1. The van der Waals surface area contributed by atoms with E-state index in [1.807, 2.05) is 0 Å². The van der Waals surface area contributed by atoms with Gasteiger partial charge in [0.15, 0.2) is 0 Å². The van der Waals surface area contributed by atoms with Gasteiger partial charge < -0.3 is 5.11 Å². The van der Waals surface area contributed by atoms with Gasteiger partial charge in [-0.15, -0.1) is 0 Å². The van der Waals surface area contributed by atoms with Crippen LogP contribution >= 0.6 is 0 Å². The van der Waals surface area contributed by atoms with Crippen LogP contribution in [0.3, 0.4) is 0 Å². The molecule has 0 aliphatic carbocycles. The molecule has 8 heteroatoms. The molecule has 4 nitrogen and oxygen atoms in total. The number of hydrogen-bond donors (Lipinski definition) is 1. The van der Waals surface area contributed by atoms with Crippen LogP contribution < -0.4 is 0 Å². The Bertz CT molecular complexity index is 1240. The Kier molecular flexibility index (Phi) is 6.76. The Morgan fingerprint density at radius 1 is 0.943 bits per heavy atom. The molecule has 1 aliphatic rings. The van der Waals surface area contributed by atoms with Crippen LogP contribution in [0.2, 0.25) is 0 Å². The fraction of sp³-hybridized carbons (Fsp3) is 0.259. The van der Waals surface area contributed by atoms with Gasteiger partial charge in [-0.25, -0.2) is 13.7 Å². The van der Waals surface area contributed by atoms with E-state index in [1.54, 1.807) is 36.4 Å². The summed E-state index contributed by atoms with van der Waals surface area (Å²) in [6.45, 7) is 0.158. The lowest BCUT2D eigenvalue weighted by atomic mass is 9.84. The first-order valence-electron chi connectivity index (χ1n) is 11.2. The highest BCUT2D eigenvalue weighted by molar-refractivity contribution is 5.77. The van der Waals surface area contributed by atoms with Gasteiger partial charge in [0.2, 0.25) is 0 Å². The Morgan fingerprint density at radius 3 is 2.37 bits per heavy atom. The molecule has 182 valence electrons. The van der Waals surface area contributed by atoms with Crippen molar-refractivity contribution in [2.24, 2.45) is 0 Å². The van der Waals surface area contributed by atoms with E-state index in [9.17, 15) is 32.3 Å². The second kappa shape index (κ2) is 9.62. The number of carbonyl (C=O) groups excluding carboxylic acids is 1. The Hall–Kier alpha value is -3.52. The van der Waals surface area contributed by atoms with E-state index in [0.29, 0.717) is 23.1 Å². The maximum atomic E-state index is 14.4. The number of nitrogens with zero attached hydrogens (tertiary/aromatic N) is 1. The largest absolute Gasteiger partial charge is 0.481 e. The fourth-order valence-corrected chi connectivity index (χ4v) is 5.00. The summed E-state index contributed by atoms with van der Waals surface area (Å²) in [4.78, 5) is 25.0. The van der Waals surface area contributed by atoms with Gasteiger partial charge in [-0.2, -0.15) is 13.2 Å². The van der Waals surface area contributed by atoms with Crippen LogP contribution in [0.25, 0.3) is 0 Å². The molecule has 1 amide bonds. The minimum Gasteiger partial charge on any atom is -0.481 e. The SMILES string of the molecule is O=C(O)CCC(=O)[N+]1(Cc2cccc(C(F)(F)F)c2)CCc2ccc(F)cc2C1c1ccccc1. The molecule has 0 bridgehead atoms. The van der Waals surface area contributed by atoms with Gasteiger partial charge in [0.05, 0.1) is 24.9 Å². The van der Waals surface area contributed by atoms with Crippen molar-refractivity contribution < 1.29 is 36.7 Å². The van der Waals surface area contributed by atoms with Crippen LogP contribution in [0.4, 0.5) is 17.6 Å². The lowest BCUT2D eigenvalue weighted by Crippen LogP contribution is -2.58. The lowest BCUT2D eigenvalue weighted by Gasteiger charge is -2.46. The molecular weight excluding hydrogens is 462 g/mol. The van der Waals surface area contributed by atoms with Gasteiger partial charge in [0.1, 0.15) is 18.4 Å². The van der Waals surface area contributed by atoms with Crippen molar-refractivity contribution in [2.45, 2.75) is 38.0 Å². The Morgan fingerprint density at radius 2 is 1.69 bits per heavy atom. The van der Waals surface area contributed by atoms with Gasteiger partial charge in [0.25, 0.3) is 0 Å². The zero-order valence-electron chi connectivity index (χ0n) is 18.8. The number of aliphatic carboxylic acids is 1. The third kappa shape index (κ3) is 5.12. The molecule has 35 heavy (non-hydrogen) atoms. The van der Waals surface area contributed by atoms with Crippen LogP contribution in [0.15, 0.2) is 72.8 Å². The number of fused-ring (bicyclic) bond motifs is 1. The van der Waals surface area contributed by atoms with E-state index >= 15 is 0 Å². The summed E-state index contributed by atoms with van der Waals surface area (Å²) in [5, 5.41) is 9.20. The van der Waals surface area contributed by atoms with E-state index < -0.39 is 41.9 Å². The fourth-order valence-electron chi connectivity index (χ4n) is 5.00. The summed E-state index contributed by atoms with van der Waals surface area (Å²) in [6.07, 6.45) is -4.84. The number of hydrogen-bond acceptors (Lipinski definition) is 2. The van der Waals surface area contributed by atoms with Crippen molar-refractivity contribution in [3.05, 3.63) is 106 Å². The van der Waals surface area contributed by atoms with E-state index in [1.165, 1.54) is 24.3 Å². The highest BCUT2D eigenvalue weighted by Gasteiger charge is 2.49. The maximum absolute atomic E-state index is 14.4. The summed E-state index contributed by atoms with van der Waals surface area (Å²) in [6, 6.07) is 17.5. The van der Waals surface area contributed by atoms with E-state index in [2.05, 4.69) is 0 Å². The average molecular weight is 486 g/mol. The Labute approximate surface area is 200 Å². The molecule has 0 saturated heterocycles. The van der Waals surface area contributed by atoms with Crippen LogP contribution in [0.5, 0.6) is 0 Å². The number of amides is 1. The van der Waals surface area contributed by atoms with Crippen LogP contribution in [0.1, 0.15) is 46.7 Å². The monoisotopic (exact) mass is 486 g/mol. The number of alkyl halides is 3. The van der Waals surface area contributed by atoms with Crippen molar-refractivity contribution >= 4 is 11.9 Å². The third-order valence-electron chi connectivity index (χ3n) is 6.56. The van der Waals surface area contributed by atoms with Crippen LogP contribution in [0, 0.1) is 5.82 Å². The molecule has 1 N–H and O–H groups in total. The number of quaternary nitrogens is 1. The summed E-state index contributed by atoms with van der Waals surface area (Å²) >= 11 is 0. The molecule has 3 aromatic rings. The molecule has 2 atom stereocenters. The predicted octanol–water partition coefficient (Wildman–Crippen LogP) is 5.90. The molecule has 0 aromatic heterocycles. The summed E-state index contributed by atoms with van der Waals surface area (Å²) in [5.41, 5.74) is 1.60. The summed E-state index contributed by atoms with van der Waals surface area (Å²) in [5.74, 6) is -2.04. The first-order chi connectivity index (χ1) is 16.6. The predicted molar refractivity (Wildman–Crippen MR) is 121 cm³/mol. The van der Waals surface area contributed by atoms with E-state index in [-0.39, 0.29) is 24.0 Å². The smallest absolute Gasteiger partial charge is 0.416 e. The minimum absolute atomic E-state index is 0.0854. The molecule has 0 spiro atoms. The van der Waals surface area contributed by atoms with Gasteiger partial charge >= 0.3 is 18.1 Å². The lowest BCUT2D eigenvalue weighted by molar-refractivity contribution is -0.895. The highest BCUT2D eigenvalue weighted by atomic mass is 19.4. The molecule has 0 saturated carbocycles. The van der Waals surface area contributed by atoms with Gasteiger partial charge in [-0.1, -0.05) is 48.5 Å². The molecular formula is C27H24F4NO3+. The van der Waals surface area contributed by atoms with E-state index in [0.717, 1.165) is 17.7 Å². The molecule has 1 aliphatic heterocycles. The van der Waals surface area contributed by atoms with Crippen molar-refractivity contribution in [3.8, 4) is 0 Å². The summed E-state index contributed by atoms with van der Waals surface area (Å²) in [7, 11) is 0. The third-order valence-corrected chi connectivity index (χ3v) is 6.56. The minimum atomic E-state index is -4.55. The maximum Gasteiger partial charge on any atom is 0.416 e. The first kappa shape index (κ1) is 24.6. The number of halogens is 4. The molecule has 0 radical (unpaired) electrons. The number of carboxylic acids is 1. The topological polar surface area (TPSA) is 54.4 Å². The first-order valence-corrected chi connectivity index (χ1v) is 11.2. The zero-order valence-corrected chi connectivity index (χ0v) is 18.8. The van der Waals surface area contributed by atoms with Gasteiger partial charge in [0, 0.05) is 23.1 Å². The molecule has 3 aromatic carbocycles. The summed E-state index contributed by atoms with van der Waals surface area (Å²) < 4.78 is 54.3. The molecule has 0 fully saturated rings. The second-order valence-electron chi connectivity index (χ2n) is 8.81. The normalized spacial score (nSPS) is 19.7.